The van der Waals surface area contributed by atoms with E-state index in [0.717, 1.165) is 24.0 Å². The summed E-state index contributed by atoms with van der Waals surface area (Å²) < 4.78 is 0. The summed E-state index contributed by atoms with van der Waals surface area (Å²) in [6, 6.07) is 0.921. The smallest absolute Gasteiger partial charge is 0.317 e. The second kappa shape index (κ2) is 6.18. The van der Waals surface area contributed by atoms with Crippen LogP contribution in [-0.4, -0.2) is 41.1 Å². The number of amides is 2. The molecule has 0 heterocycles. The number of nitrogens with one attached hydrogen (secondary N) is 1. The quantitative estimate of drug-likeness (QED) is 0.832. The molecular formula is C14H26N2OS. The van der Waals surface area contributed by atoms with Crippen molar-refractivity contribution in [3.05, 3.63) is 0 Å². The molecular weight excluding hydrogens is 244 g/mol. The van der Waals surface area contributed by atoms with Gasteiger partial charge in [-0.25, -0.2) is 4.79 Å². The Kier molecular flexibility index (Phi) is 4.82. The van der Waals surface area contributed by atoms with Crippen molar-refractivity contribution in [2.75, 3.05) is 12.8 Å². The first-order valence-electron chi connectivity index (χ1n) is 7.26. The van der Waals surface area contributed by atoms with Gasteiger partial charge in [0, 0.05) is 24.4 Å². The largest absolute Gasteiger partial charge is 0.335 e. The van der Waals surface area contributed by atoms with Gasteiger partial charge in [0.05, 0.1) is 0 Å². The van der Waals surface area contributed by atoms with E-state index < -0.39 is 0 Å². The molecule has 1 N–H and O–H groups in total. The number of carbonyl (C=O) groups is 1. The summed E-state index contributed by atoms with van der Waals surface area (Å²) in [7, 11) is 1.94. The molecule has 4 heteroatoms. The van der Waals surface area contributed by atoms with Crippen molar-refractivity contribution in [2.24, 2.45) is 5.92 Å². The summed E-state index contributed by atoms with van der Waals surface area (Å²) >= 11 is 2.03. The summed E-state index contributed by atoms with van der Waals surface area (Å²) in [5.41, 5.74) is 0. The van der Waals surface area contributed by atoms with Crippen LogP contribution in [-0.2, 0) is 0 Å². The highest BCUT2D eigenvalue weighted by atomic mass is 32.2. The first-order valence-corrected chi connectivity index (χ1v) is 8.31. The standard InChI is InChI=1S/C14H26N2OS/c1-4-18-13-8-7-12(9-13)15-14(17)16(3)10(2)11-5-6-11/h10-13H,4-9H2,1-3H3,(H,15,17)/t10-,12-,13-/m1/s1. The second-order valence-corrected chi connectivity index (χ2v) is 7.30. The lowest BCUT2D eigenvalue weighted by Gasteiger charge is -2.27. The van der Waals surface area contributed by atoms with Gasteiger partial charge < -0.3 is 10.2 Å². The molecule has 2 fully saturated rings. The summed E-state index contributed by atoms with van der Waals surface area (Å²) in [6.07, 6.45) is 6.13. The van der Waals surface area contributed by atoms with E-state index in [9.17, 15) is 4.79 Å². The third-order valence-corrected chi connectivity index (χ3v) is 5.58. The molecule has 2 rings (SSSR count). The summed E-state index contributed by atoms with van der Waals surface area (Å²) in [5.74, 6) is 1.93. The molecule has 3 nitrogen and oxygen atoms in total. The van der Waals surface area contributed by atoms with Crippen LogP contribution < -0.4 is 5.32 Å². The van der Waals surface area contributed by atoms with Crippen LogP contribution in [0.3, 0.4) is 0 Å². The molecule has 2 aliphatic rings. The maximum absolute atomic E-state index is 12.1. The maximum atomic E-state index is 12.1. The highest BCUT2D eigenvalue weighted by Crippen LogP contribution is 2.35. The molecule has 18 heavy (non-hydrogen) atoms. The topological polar surface area (TPSA) is 32.3 Å². The van der Waals surface area contributed by atoms with E-state index in [0.29, 0.717) is 12.1 Å². The SMILES string of the molecule is CCS[C@@H]1CC[C@@H](NC(=O)N(C)[C@H](C)C2CC2)C1. The van der Waals surface area contributed by atoms with Gasteiger partial charge in [-0.15, -0.1) is 0 Å². The molecule has 2 aliphatic carbocycles. The van der Waals surface area contributed by atoms with Crippen LogP contribution in [0.5, 0.6) is 0 Å². The van der Waals surface area contributed by atoms with Crippen LogP contribution in [0.2, 0.25) is 0 Å². The van der Waals surface area contributed by atoms with Crippen molar-refractivity contribution >= 4 is 17.8 Å². The van der Waals surface area contributed by atoms with Crippen molar-refractivity contribution in [3.8, 4) is 0 Å². The molecule has 0 saturated heterocycles. The summed E-state index contributed by atoms with van der Waals surface area (Å²) in [4.78, 5) is 14.0. The number of thioether (sulfide) groups is 1. The first-order chi connectivity index (χ1) is 8.61. The highest BCUT2D eigenvalue weighted by molar-refractivity contribution is 7.99. The molecule has 0 radical (unpaired) electrons. The van der Waals surface area contributed by atoms with E-state index in [4.69, 9.17) is 0 Å². The van der Waals surface area contributed by atoms with E-state index in [1.54, 1.807) is 0 Å². The van der Waals surface area contributed by atoms with Crippen LogP contribution in [0.25, 0.3) is 0 Å². The predicted octanol–water partition coefficient (Wildman–Crippen LogP) is 3.10. The molecule has 0 spiro atoms. The molecule has 2 amide bonds. The number of hydrogen-bond acceptors (Lipinski definition) is 2. The van der Waals surface area contributed by atoms with E-state index in [2.05, 4.69) is 19.2 Å². The lowest BCUT2D eigenvalue weighted by Crippen LogP contribution is -2.46. The van der Waals surface area contributed by atoms with Crippen molar-refractivity contribution < 1.29 is 4.79 Å². The third kappa shape index (κ3) is 3.56. The summed E-state index contributed by atoms with van der Waals surface area (Å²) in [5, 5.41) is 3.96. The van der Waals surface area contributed by atoms with Gasteiger partial charge >= 0.3 is 6.03 Å². The Hall–Kier alpha value is -0.380. The third-order valence-electron chi connectivity index (χ3n) is 4.35. The van der Waals surface area contributed by atoms with E-state index in [1.165, 1.54) is 25.0 Å². The Morgan fingerprint density at radius 1 is 1.39 bits per heavy atom. The lowest BCUT2D eigenvalue weighted by molar-refractivity contribution is 0.184. The number of hydrogen-bond donors (Lipinski definition) is 1. The van der Waals surface area contributed by atoms with Gasteiger partial charge in [0.2, 0.25) is 0 Å². The average Bonchev–Trinajstić information content (AvgIpc) is 3.11. The van der Waals surface area contributed by atoms with Gasteiger partial charge in [-0.3, -0.25) is 0 Å². The van der Waals surface area contributed by atoms with Crippen molar-refractivity contribution in [1.82, 2.24) is 10.2 Å². The molecule has 0 unspecified atom stereocenters. The fourth-order valence-corrected chi connectivity index (χ4v) is 3.96. The normalized spacial score (nSPS) is 29.1. The minimum absolute atomic E-state index is 0.126. The molecule has 0 aliphatic heterocycles. The van der Waals surface area contributed by atoms with Gasteiger partial charge in [0.1, 0.15) is 0 Å². The highest BCUT2D eigenvalue weighted by Gasteiger charge is 2.33. The molecule has 0 aromatic heterocycles. The molecule has 3 atom stereocenters. The van der Waals surface area contributed by atoms with Crippen LogP contribution in [0.1, 0.15) is 46.0 Å². The zero-order valence-electron chi connectivity index (χ0n) is 11.8. The Balaban J connectivity index is 1.73. The van der Waals surface area contributed by atoms with E-state index in [1.807, 2.05) is 23.7 Å². The summed E-state index contributed by atoms with van der Waals surface area (Å²) in [6.45, 7) is 4.38. The Bertz CT molecular complexity index is 294. The number of urea groups is 1. The fraction of sp³-hybridized carbons (Fsp3) is 0.929. The minimum Gasteiger partial charge on any atom is -0.335 e. The molecule has 0 aromatic rings. The van der Waals surface area contributed by atoms with Gasteiger partial charge in [-0.1, -0.05) is 6.92 Å². The van der Waals surface area contributed by atoms with E-state index >= 15 is 0 Å². The predicted molar refractivity (Wildman–Crippen MR) is 78.0 cm³/mol. The van der Waals surface area contributed by atoms with Gasteiger partial charge in [-0.2, -0.15) is 11.8 Å². The average molecular weight is 270 g/mol. The van der Waals surface area contributed by atoms with Crippen molar-refractivity contribution in [1.29, 1.82) is 0 Å². The van der Waals surface area contributed by atoms with Crippen LogP contribution in [0.15, 0.2) is 0 Å². The van der Waals surface area contributed by atoms with Gasteiger partial charge in [-0.05, 0) is 50.7 Å². The Morgan fingerprint density at radius 3 is 2.72 bits per heavy atom. The minimum atomic E-state index is 0.126. The fourth-order valence-electron chi connectivity index (χ4n) is 2.81. The van der Waals surface area contributed by atoms with Crippen LogP contribution in [0.4, 0.5) is 4.79 Å². The lowest BCUT2D eigenvalue weighted by atomic mass is 10.2. The first kappa shape index (κ1) is 14.0. The second-order valence-electron chi connectivity index (χ2n) is 5.73. The monoisotopic (exact) mass is 270 g/mol. The molecule has 0 aromatic carbocycles. The molecule has 0 bridgehead atoms. The zero-order chi connectivity index (χ0) is 13.1. The van der Waals surface area contributed by atoms with Gasteiger partial charge in [0.25, 0.3) is 0 Å². The number of rotatable bonds is 5. The zero-order valence-corrected chi connectivity index (χ0v) is 12.6. The molecule has 104 valence electrons. The molecule has 2 saturated carbocycles. The Morgan fingerprint density at radius 2 is 2.11 bits per heavy atom. The number of nitrogens with zero attached hydrogens (tertiary/aromatic N) is 1. The van der Waals surface area contributed by atoms with Crippen LogP contribution in [0, 0.1) is 5.92 Å². The number of carbonyl (C=O) groups excluding carboxylic acids is 1. The maximum Gasteiger partial charge on any atom is 0.317 e. The van der Waals surface area contributed by atoms with Crippen LogP contribution >= 0.6 is 11.8 Å². The van der Waals surface area contributed by atoms with Crippen molar-refractivity contribution in [3.63, 3.8) is 0 Å². The van der Waals surface area contributed by atoms with Gasteiger partial charge in [0.15, 0.2) is 0 Å². The van der Waals surface area contributed by atoms with E-state index in [-0.39, 0.29) is 6.03 Å². The van der Waals surface area contributed by atoms with Crippen molar-refractivity contribution in [2.45, 2.75) is 63.3 Å². The Labute approximate surface area is 115 Å².